The topological polar surface area (TPSA) is 148 Å². The molecule has 0 heterocycles. The van der Waals surface area contributed by atoms with E-state index in [4.69, 9.17) is 0 Å². The lowest BCUT2D eigenvalue weighted by Crippen LogP contribution is -2.30. The van der Waals surface area contributed by atoms with Crippen molar-refractivity contribution in [1.29, 1.82) is 0 Å². The molecule has 0 unspecified atom stereocenters. The monoisotopic (exact) mass is 437 g/mol. The molecule has 2 aromatic carbocycles. The molecule has 2 N–H and O–H groups in total. The van der Waals surface area contributed by atoms with E-state index in [0.29, 0.717) is 5.69 Å². The molecule has 0 amide bonds. The van der Waals surface area contributed by atoms with Gasteiger partial charge >= 0.3 is 0 Å². The van der Waals surface area contributed by atoms with Gasteiger partial charge in [-0.25, -0.2) is 8.42 Å². The summed E-state index contributed by atoms with van der Waals surface area (Å²) in [5, 5.41) is 28.2. The van der Waals surface area contributed by atoms with Crippen molar-refractivity contribution in [2.24, 2.45) is 0 Å². The summed E-state index contributed by atoms with van der Waals surface area (Å²) in [7, 11) is -3.82. The van der Waals surface area contributed by atoms with Gasteiger partial charge in [-0.3, -0.25) is 20.2 Å². The third-order valence-corrected chi connectivity index (χ3v) is 6.41. The van der Waals surface area contributed by atoms with E-state index in [0.717, 1.165) is 6.07 Å². The molecule has 0 spiro atoms. The zero-order valence-electron chi connectivity index (χ0n) is 16.6. The maximum atomic E-state index is 12.6. The lowest BCUT2D eigenvalue weighted by atomic mass is 10.2. The Morgan fingerprint density at radius 3 is 1.93 bits per heavy atom. The van der Waals surface area contributed by atoms with Gasteiger partial charge in [0, 0.05) is 38.3 Å². The second-order valence-electron chi connectivity index (χ2n) is 6.15. The zero-order valence-corrected chi connectivity index (χ0v) is 17.4. The molecule has 0 aromatic heterocycles. The Balaban J connectivity index is 2.13. The molecular formula is C18H23N5O6S. The van der Waals surface area contributed by atoms with Crippen LogP contribution in [-0.2, 0) is 10.0 Å². The van der Waals surface area contributed by atoms with E-state index in [1.165, 1.54) is 22.5 Å². The Morgan fingerprint density at radius 2 is 1.40 bits per heavy atom. The third kappa shape index (κ3) is 5.21. The van der Waals surface area contributed by atoms with E-state index in [1.54, 1.807) is 32.0 Å². The summed E-state index contributed by atoms with van der Waals surface area (Å²) < 4.78 is 26.4. The first-order valence-corrected chi connectivity index (χ1v) is 10.7. The van der Waals surface area contributed by atoms with Crippen molar-refractivity contribution in [1.82, 2.24) is 4.31 Å². The molecular weight excluding hydrogens is 414 g/mol. The van der Waals surface area contributed by atoms with Gasteiger partial charge < -0.3 is 10.6 Å². The summed E-state index contributed by atoms with van der Waals surface area (Å²) in [6, 6.07) is 9.84. The number of hydrogen-bond donors (Lipinski definition) is 2. The van der Waals surface area contributed by atoms with Crippen LogP contribution in [0.1, 0.15) is 13.8 Å². The molecule has 0 atom stereocenters. The molecule has 0 fully saturated rings. The van der Waals surface area contributed by atoms with Gasteiger partial charge in [-0.1, -0.05) is 26.0 Å². The first kappa shape index (κ1) is 23.0. The molecule has 2 aromatic rings. The van der Waals surface area contributed by atoms with Gasteiger partial charge in [-0.15, -0.1) is 0 Å². The van der Waals surface area contributed by atoms with Crippen molar-refractivity contribution in [3.05, 3.63) is 62.7 Å². The minimum Gasteiger partial charge on any atom is -0.378 e. The van der Waals surface area contributed by atoms with Crippen molar-refractivity contribution in [2.45, 2.75) is 18.7 Å². The smallest absolute Gasteiger partial charge is 0.293 e. The Morgan fingerprint density at radius 1 is 0.867 bits per heavy atom. The zero-order chi connectivity index (χ0) is 22.3. The maximum Gasteiger partial charge on any atom is 0.293 e. The van der Waals surface area contributed by atoms with Gasteiger partial charge in [0.15, 0.2) is 0 Å². The molecule has 0 aliphatic heterocycles. The van der Waals surface area contributed by atoms with E-state index >= 15 is 0 Å². The number of rotatable bonds is 11. The second kappa shape index (κ2) is 9.98. The lowest BCUT2D eigenvalue weighted by Gasteiger charge is -2.18. The molecule has 0 aliphatic rings. The van der Waals surface area contributed by atoms with Crippen LogP contribution < -0.4 is 10.6 Å². The number of benzene rings is 2. The van der Waals surface area contributed by atoms with Crippen LogP contribution in [0.2, 0.25) is 0 Å². The Bertz CT molecular complexity index is 1020. The number of sulfonamides is 1. The van der Waals surface area contributed by atoms with Crippen molar-refractivity contribution in [2.75, 3.05) is 36.8 Å². The minimum atomic E-state index is -3.82. The third-order valence-electron chi connectivity index (χ3n) is 4.37. The molecule has 30 heavy (non-hydrogen) atoms. The van der Waals surface area contributed by atoms with E-state index in [2.05, 4.69) is 10.6 Å². The summed E-state index contributed by atoms with van der Waals surface area (Å²) in [6.07, 6.45) is 0. The number of para-hydroxylation sites is 2. The fourth-order valence-corrected chi connectivity index (χ4v) is 4.34. The SMILES string of the molecule is CCN(CC)S(=O)(=O)c1ccc(NCCNc2ccccc2[N+](=O)[O-])c([N+](=O)[O-])c1. The largest absolute Gasteiger partial charge is 0.378 e. The molecule has 162 valence electrons. The highest BCUT2D eigenvalue weighted by Crippen LogP contribution is 2.29. The first-order chi connectivity index (χ1) is 14.2. The quantitative estimate of drug-likeness (QED) is 0.310. The predicted molar refractivity (Wildman–Crippen MR) is 113 cm³/mol. The Kier molecular flexibility index (Phi) is 7.66. The molecule has 2 rings (SSSR count). The van der Waals surface area contributed by atoms with Gasteiger partial charge in [0.25, 0.3) is 11.4 Å². The molecule has 0 bridgehead atoms. The fourth-order valence-electron chi connectivity index (χ4n) is 2.86. The summed E-state index contributed by atoms with van der Waals surface area (Å²) >= 11 is 0. The Labute approximate surface area is 174 Å². The minimum absolute atomic E-state index is 0.0746. The molecule has 12 heteroatoms. The van der Waals surface area contributed by atoms with Crippen LogP contribution in [-0.4, -0.2) is 48.7 Å². The van der Waals surface area contributed by atoms with Crippen LogP contribution in [0.5, 0.6) is 0 Å². The average molecular weight is 437 g/mol. The van der Waals surface area contributed by atoms with Crippen LogP contribution in [0.3, 0.4) is 0 Å². The predicted octanol–water partition coefficient (Wildman–Crippen LogP) is 3.06. The second-order valence-corrected chi connectivity index (χ2v) is 8.09. The van der Waals surface area contributed by atoms with Gasteiger partial charge in [0.1, 0.15) is 11.4 Å². The van der Waals surface area contributed by atoms with E-state index in [1.807, 2.05) is 0 Å². The fraction of sp³-hybridized carbons (Fsp3) is 0.333. The summed E-state index contributed by atoms with van der Waals surface area (Å²) in [5.74, 6) is 0. The molecule has 0 radical (unpaired) electrons. The van der Waals surface area contributed by atoms with Gasteiger partial charge in [-0.2, -0.15) is 4.31 Å². The standard InChI is InChI=1S/C18H23N5O6S/c1-3-21(4-2)30(28,29)14-9-10-16(18(13-14)23(26)27)20-12-11-19-15-7-5-6-8-17(15)22(24)25/h5-10,13,19-20H,3-4,11-12H2,1-2H3. The summed E-state index contributed by atoms with van der Waals surface area (Å²) in [5.41, 5.74) is 0.0469. The van der Waals surface area contributed by atoms with Gasteiger partial charge in [0.2, 0.25) is 10.0 Å². The first-order valence-electron chi connectivity index (χ1n) is 9.22. The average Bonchev–Trinajstić information content (AvgIpc) is 2.71. The Hall–Kier alpha value is -3.25. The number of anilines is 2. The van der Waals surface area contributed by atoms with Crippen LogP contribution in [0.25, 0.3) is 0 Å². The molecule has 0 aliphatic carbocycles. The highest BCUT2D eigenvalue weighted by molar-refractivity contribution is 7.89. The van der Waals surface area contributed by atoms with E-state index < -0.39 is 19.9 Å². The summed E-state index contributed by atoms with van der Waals surface area (Å²) in [6.45, 7) is 4.36. The highest BCUT2D eigenvalue weighted by atomic mass is 32.2. The van der Waals surface area contributed by atoms with Gasteiger partial charge in [0.05, 0.1) is 14.7 Å². The highest BCUT2D eigenvalue weighted by Gasteiger charge is 2.25. The van der Waals surface area contributed by atoms with Crippen LogP contribution in [0.4, 0.5) is 22.7 Å². The maximum absolute atomic E-state index is 12.6. The number of nitro groups is 2. The van der Waals surface area contributed by atoms with E-state index in [-0.39, 0.29) is 48.1 Å². The van der Waals surface area contributed by atoms with Crippen molar-refractivity contribution in [3.63, 3.8) is 0 Å². The normalized spacial score (nSPS) is 11.3. The van der Waals surface area contributed by atoms with Crippen molar-refractivity contribution in [3.8, 4) is 0 Å². The van der Waals surface area contributed by atoms with Crippen LogP contribution >= 0.6 is 0 Å². The lowest BCUT2D eigenvalue weighted by molar-refractivity contribution is -0.384. The van der Waals surface area contributed by atoms with Crippen LogP contribution in [0.15, 0.2) is 47.4 Å². The summed E-state index contributed by atoms with van der Waals surface area (Å²) in [4.78, 5) is 21.2. The number of nitro benzene ring substituents is 2. The number of hydrogen-bond acceptors (Lipinski definition) is 8. The molecule has 0 saturated heterocycles. The molecule has 0 saturated carbocycles. The van der Waals surface area contributed by atoms with E-state index in [9.17, 15) is 28.6 Å². The number of nitrogens with one attached hydrogen (secondary N) is 2. The van der Waals surface area contributed by atoms with Crippen LogP contribution in [0, 0.1) is 20.2 Å². The van der Waals surface area contributed by atoms with Gasteiger partial charge in [-0.05, 0) is 18.2 Å². The molecule has 11 nitrogen and oxygen atoms in total. The van der Waals surface area contributed by atoms with Crippen molar-refractivity contribution >= 4 is 32.8 Å². The number of nitrogens with zero attached hydrogens (tertiary/aromatic N) is 3. The van der Waals surface area contributed by atoms with Crippen molar-refractivity contribution < 1.29 is 18.3 Å².